The van der Waals surface area contributed by atoms with Crippen molar-refractivity contribution in [3.63, 3.8) is 0 Å². The fraction of sp³-hybridized carbons (Fsp3) is 0.962. The molecule has 0 fully saturated rings. The summed E-state index contributed by atoms with van der Waals surface area (Å²) < 4.78 is 5.45. The third kappa shape index (κ3) is 46.2. The predicted octanol–water partition coefficient (Wildman–Crippen LogP) is 16.0. The second-order valence-corrected chi connectivity index (χ2v) is 18.6. The summed E-state index contributed by atoms with van der Waals surface area (Å²) in [5.41, 5.74) is 0. The van der Waals surface area contributed by atoms with Gasteiger partial charge in [-0.15, -0.1) is 0 Å². The molecule has 0 aromatic heterocycles. The van der Waals surface area contributed by atoms with Crippen LogP contribution in [0.3, 0.4) is 0 Å². The van der Waals surface area contributed by atoms with Crippen molar-refractivity contribution in [1.29, 1.82) is 0 Å². The molecule has 0 aromatic carbocycles. The molecule has 0 aliphatic carbocycles. The van der Waals surface area contributed by atoms with Crippen LogP contribution >= 0.6 is 0 Å². The highest BCUT2D eigenvalue weighted by Crippen LogP contribution is 2.17. The van der Waals surface area contributed by atoms with Crippen LogP contribution in [-0.4, -0.2) is 47.4 Å². The topological polar surface area (TPSA) is 95.9 Å². The van der Waals surface area contributed by atoms with Gasteiger partial charge in [-0.1, -0.05) is 264 Å². The normalized spacial score (nSPS) is 12.5. The SMILES string of the molecule is CCCCCCCCCCCCCCCCCCCCC(O)C(CO)NC(=O)CCCCCCCCCCCCCCOC(=O)CCCCCCCCCCCCCC. The number of carbonyl (C=O) groups excluding carboxylic acids is 2. The summed E-state index contributed by atoms with van der Waals surface area (Å²) >= 11 is 0. The van der Waals surface area contributed by atoms with Crippen LogP contribution < -0.4 is 5.32 Å². The predicted molar refractivity (Wildman–Crippen MR) is 255 cm³/mol. The Hall–Kier alpha value is -1.14. The van der Waals surface area contributed by atoms with Gasteiger partial charge >= 0.3 is 5.97 Å². The Labute approximate surface area is 368 Å². The maximum Gasteiger partial charge on any atom is 0.305 e. The van der Waals surface area contributed by atoms with E-state index in [1.807, 2.05) is 0 Å². The number of aliphatic hydroxyl groups is 2. The van der Waals surface area contributed by atoms with E-state index in [1.54, 1.807) is 0 Å². The molecule has 0 saturated carbocycles. The summed E-state index contributed by atoms with van der Waals surface area (Å²) in [6.45, 7) is 4.94. The van der Waals surface area contributed by atoms with E-state index in [2.05, 4.69) is 19.2 Å². The quantitative estimate of drug-likeness (QED) is 0.0419. The van der Waals surface area contributed by atoms with Gasteiger partial charge in [0.25, 0.3) is 0 Å². The standard InChI is InChI=1S/C53H105NO5/c1-3-5-7-9-11-13-15-17-18-19-20-21-22-25-29-33-37-41-45-51(56)50(49-55)54-52(57)46-42-38-34-30-26-23-24-28-32-36-40-44-48-59-53(58)47-43-39-35-31-27-16-14-12-10-8-6-4-2/h50-51,55-56H,3-49H2,1-2H3,(H,54,57). The van der Waals surface area contributed by atoms with Gasteiger partial charge in [0.2, 0.25) is 5.91 Å². The molecule has 2 unspecified atom stereocenters. The van der Waals surface area contributed by atoms with E-state index in [0.717, 1.165) is 57.8 Å². The molecular formula is C53H105NO5. The van der Waals surface area contributed by atoms with E-state index in [4.69, 9.17) is 4.74 Å². The molecule has 352 valence electrons. The summed E-state index contributed by atoms with van der Waals surface area (Å²) in [5, 5.41) is 23.3. The molecule has 0 spiro atoms. The number of hydrogen-bond donors (Lipinski definition) is 3. The molecule has 0 aliphatic heterocycles. The zero-order valence-electron chi connectivity index (χ0n) is 40.0. The Morgan fingerprint density at radius 1 is 0.407 bits per heavy atom. The van der Waals surface area contributed by atoms with Crippen LogP contribution in [0.5, 0.6) is 0 Å². The molecule has 0 saturated heterocycles. The van der Waals surface area contributed by atoms with Gasteiger partial charge in [0.05, 0.1) is 25.4 Å². The fourth-order valence-electron chi connectivity index (χ4n) is 8.52. The Bertz CT molecular complexity index is 837. The molecule has 3 N–H and O–H groups in total. The van der Waals surface area contributed by atoms with E-state index < -0.39 is 12.1 Å². The number of aliphatic hydroxyl groups excluding tert-OH is 2. The van der Waals surface area contributed by atoms with Gasteiger partial charge in [0.1, 0.15) is 0 Å². The zero-order chi connectivity index (χ0) is 43.0. The van der Waals surface area contributed by atoms with Crippen molar-refractivity contribution in [3.8, 4) is 0 Å². The minimum absolute atomic E-state index is 0.00757. The molecule has 1 amide bonds. The van der Waals surface area contributed by atoms with Gasteiger partial charge in [-0.2, -0.15) is 0 Å². The second-order valence-electron chi connectivity index (χ2n) is 18.6. The van der Waals surface area contributed by atoms with Gasteiger partial charge < -0.3 is 20.3 Å². The third-order valence-electron chi connectivity index (χ3n) is 12.7. The first-order valence-corrected chi connectivity index (χ1v) is 26.8. The van der Waals surface area contributed by atoms with Crippen molar-refractivity contribution >= 4 is 11.9 Å². The number of esters is 1. The zero-order valence-corrected chi connectivity index (χ0v) is 40.0. The number of amides is 1. The van der Waals surface area contributed by atoms with Gasteiger partial charge in [0.15, 0.2) is 0 Å². The Morgan fingerprint density at radius 3 is 1.03 bits per heavy atom. The molecule has 6 heteroatoms. The lowest BCUT2D eigenvalue weighted by Gasteiger charge is -2.22. The molecule has 59 heavy (non-hydrogen) atoms. The van der Waals surface area contributed by atoms with E-state index in [0.29, 0.717) is 25.9 Å². The maximum absolute atomic E-state index is 12.5. The van der Waals surface area contributed by atoms with Crippen LogP contribution in [0.4, 0.5) is 0 Å². The lowest BCUT2D eigenvalue weighted by atomic mass is 10.0. The average Bonchev–Trinajstić information content (AvgIpc) is 3.24. The first kappa shape index (κ1) is 57.9. The average molecular weight is 836 g/mol. The highest BCUT2D eigenvalue weighted by molar-refractivity contribution is 5.76. The van der Waals surface area contributed by atoms with Crippen molar-refractivity contribution in [1.82, 2.24) is 5.32 Å². The summed E-state index contributed by atoms with van der Waals surface area (Å²) in [5.74, 6) is -0.0549. The number of nitrogens with one attached hydrogen (secondary N) is 1. The van der Waals surface area contributed by atoms with Gasteiger partial charge in [0, 0.05) is 12.8 Å². The fourth-order valence-corrected chi connectivity index (χ4v) is 8.52. The van der Waals surface area contributed by atoms with Crippen molar-refractivity contribution < 1.29 is 24.5 Å². The highest BCUT2D eigenvalue weighted by atomic mass is 16.5. The van der Waals surface area contributed by atoms with Crippen molar-refractivity contribution in [2.45, 2.75) is 315 Å². The Morgan fingerprint density at radius 2 is 0.695 bits per heavy atom. The minimum Gasteiger partial charge on any atom is -0.466 e. The molecule has 0 bridgehead atoms. The maximum atomic E-state index is 12.5. The third-order valence-corrected chi connectivity index (χ3v) is 12.7. The first-order valence-electron chi connectivity index (χ1n) is 26.8. The highest BCUT2D eigenvalue weighted by Gasteiger charge is 2.20. The van der Waals surface area contributed by atoms with Crippen LogP contribution in [-0.2, 0) is 14.3 Å². The number of rotatable bonds is 50. The van der Waals surface area contributed by atoms with E-state index in [-0.39, 0.29) is 18.5 Å². The minimum atomic E-state index is -0.673. The van der Waals surface area contributed by atoms with Crippen LogP contribution in [0.25, 0.3) is 0 Å². The summed E-state index contributed by atoms with van der Waals surface area (Å²) in [7, 11) is 0. The Kier molecular flexibility index (Phi) is 48.6. The lowest BCUT2D eigenvalue weighted by Crippen LogP contribution is -2.45. The summed E-state index contributed by atoms with van der Waals surface area (Å²) in [6, 6.07) is -0.551. The molecule has 0 rings (SSSR count). The van der Waals surface area contributed by atoms with Crippen molar-refractivity contribution in [2.24, 2.45) is 0 Å². The number of unbranched alkanes of at least 4 members (excludes halogenated alkanes) is 39. The summed E-state index contributed by atoms with van der Waals surface area (Å²) in [6.07, 6.45) is 55.0. The second kappa shape index (κ2) is 49.5. The lowest BCUT2D eigenvalue weighted by molar-refractivity contribution is -0.143. The molecule has 0 heterocycles. The van der Waals surface area contributed by atoms with Crippen LogP contribution in [0.2, 0.25) is 0 Å². The number of hydrogen-bond acceptors (Lipinski definition) is 5. The monoisotopic (exact) mass is 836 g/mol. The first-order chi connectivity index (χ1) is 29.0. The van der Waals surface area contributed by atoms with Crippen molar-refractivity contribution in [3.05, 3.63) is 0 Å². The summed E-state index contributed by atoms with van der Waals surface area (Å²) in [4.78, 5) is 24.5. The number of carbonyl (C=O) groups is 2. The van der Waals surface area contributed by atoms with Crippen LogP contribution in [0.1, 0.15) is 303 Å². The molecule has 0 radical (unpaired) electrons. The van der Waals surface area contributed by atoms with Crippen molar-refractivity contribution in [2.75, 3.05) is 13.2 Å². The smallest absolute Gasteiger partial charge is 0.305 e. The molecule has 0 aliphatic rings. The van der Waals surface area contributed by atoms with Crippen LogP contribution in [0.15, 0.2) is 0 Å². The van der Waals surface area contributed by atoms with E-state index >= 15 is 0 Å². The number of ether oxygens (including phenoxy) is 1. The van der Waals surface area contributed by atoms with E-state index in [1.165, 1.54) is 212 Å². The van der Waals surface area contributed by atoms with E-state index in [9.17, 15) is 19.8 Å². The molecular weight excluding hydrogens is 731 g/mol. The van der Waals surface area contributed by atoms with Gasteiger partial charge in [-0.05, 0) is 25.7 Å². The molecule has 6 nitrogen and oxygen atoms in total. The van der Waals surface area contributed by atoms with Gasteiger partial charge in [-0.25, -0.2) is 0 Å². The molecule has 2 atom stereocenters. The largest absolute Gasteiger partial charge is 0.466 e. The molecule has 0 aromatic rings. The van der Waals surface area contributed by atoms with Gasteiger partial charge in [-0.3, -0.25) is 9.59 Å². The van der Waals surface area contributed by atoms with Crippen LogP contribution in [0, 0.1) is 0 Å². The Balaban J connectivity index is 3.45.